The molecule has 0 spiro atoms. The Balaban J connectivity index is 0.00000341. The van der Waals surface area contributed by atoms with Crippen LogP contribution in [0.4, 0.5) is 11.4 Å². The minimum atomic E-state index is -1.09. The van der Waals surface area contributed by atoms with Crippen molar-refractivity contribution in [1.82, 2.24) is 19.8 Å². The zero-order chi connectivity index (χ0) is 40.6. The number of halogens is 2. The normalized spacial score (nSPS) is 14.6. The number of aliphatic imine (C=N–C) groups is 1. The number of likely N-dealkylation sites (tertiary alicyclic amines) is 1. The lowest BCUT2D eigenvalue weighted by Gasteiger charge is -2.31. The molecule has 2 amide bonds. The summed E-state index contributed by atoms with van der Waals surface area (Å²) in [7, 11) is 0. The maximum absolute atomic E-state index is 14.4. The first kappa shape index (κ1) is 45.0. The second-order valence-electron chi connectivity index (χ2n) is 14.9. The number of nitrogen functional groups attached to an aromatic ring is 2. The molecule has 2 aliphatic rings. The number of nitrogens with zero attached hydrogens (tertiary/aromatic N) is 5. The quantitative estimate of drug-likeness (QED) is 0.0451. The van der Waals surface area contributed by atoms with Crippen molar-refractivity contribution in [3.63, 3.8) is 0 Å². The molecule has 1 aliphatic heterocycles. The Bertz CT molecular complexity index is 2300. The number of nitrogens with two attached hydrogens (primary N) is 2. The van der Waals surface area contributed by atoms with Crippen LogP contribution >= 0.6 is 24.8 Å². The van der Waals surface area contributed by atoms with Gasteiger partial charge in [-0.25, -0.2) is 9.78 Å². The Hall–Kier alpha value is -6.12. The molecule has 1 saturated heterocycles. The van der Waals surface area contributed by atoms with Crippen molar-refractivity contribution >= 4 is 77.2 Å². The second-order valence-corrected chi connectivity index (χ2v) is 14.9. The highest BCUT2D eigenvalue weighted by molar-refractivity contribution is 6.06. The number of amides is 2. The van der Waals surface area contributed by atoms with Crippen molar-refractivity contribution in [2.75, 3.05) is 23.7 Å². The fourth-order valence-corrected chi connectivity index (χ4v) is 7.58. The third-order valence-electron chi connectivity index (χ3n) is 10.8. The fourth-order valence-electron chi connectivity index (χ4n) is 7.58. The topological polar surface area (TPSA) is 205 Å². The number of ether oxygens (including phenoxy) is 1. The van der Waals surface area contributed by atoms with Crippen molar-refractivity contribution in [3.8, 4) is 5.75 Å². The summed E-state index contributed by atoms with van der Waals surface area (Å²) in [5, 5.41) is 20.6. The van der Waals surface area contributed by atoms with Crippen molar-refractivity contribution < 1.29 is 24.2 Å². The summed E-state index contributed by atoms with van der Waals surface area (Å²) < 4.78 is 8.19. The van der Waals surface area contributed by atoms with E-state index in [1.807, 2.05) is 54.9 Å². The minimum Gasteiger partial charge on any atom is -0.490 e. The van der Waals surface area contributed by atoms with Gasteiger partial charge in [0, 0.05) is 54.5 Å². The molecule has 7 rings (SSSR count). The van der Waals surface area contributed by atoms with Gasteiger partial charge in [0.05, 0.1) is 36.0 Å². The molecule has 1 saturated carbocycles. The standard InChI is InChI=1S/C44H49N9O5.2ClH/c45-37-9-5-4-6-32(37)25-48-28-51-22-20-36(21-23-51)58-35-17-15-34(16-18-35)52(43(55)29-10-12-30(13-11-29)44(56)57)26-40-50-38-24-31(42(46)47)14-19-39(38)53(40)27-41(54)49-33-7-2-1-3-8-33;;/h4-6,9-19,24,28,33,36H,1-3,7-8,20-23,25-27,45H2,(H3,46,47)(H,49,54)(H,56,57);2*1H. The summed E-state index contributed by atoms with van der Waals surface area (Å²) in [4.78, 5) is 52.7. The SMILES string of the molecule is Cl.Cl.N=C(N)c1ccc2c(c1)nc(CN(C(=O)c1ccc(C(=O)O)cc1)c1ccc(OC3CCN(C=NCc4ccccc4N)CC3)cc1)n2CC(=O)NC1CCCCC1. The molecule has 5 aromatic rings. The molecule has 316 valence electrons. The number of benzene rings is 4. The molecular formula is C44H51Cl2N9O5. The number of carbonyl (C=O) groups excluding carboxylic acids is 2. The van der Waals surface area contributed by atoms with Gasteiger partial charge in [0.2, 0.25) is 5.91 Å². The van der Waals surface area contributed by atoms with Crippen LogP contribution in [-0.2, 0) is 24.4 Å². The molecular weight excluding hydrogens is 805 g/mol. The van der Waals surface area contributed by atoms with Gasteiger partial charge in [-0.15, -0.1) is 24.8 Å². The van der Waals surface area contributed by atoms with Crippen LogP contribution in [0.15, 0.2) is 96.0 Å². The van der Waals surface area contributed by atoms with Crippen LogP contribution in [0.1, 0.15) is 82.6 Å². The molecule has 60 heavy (non-hydrogen) atoms. The van der Waals surface area contributed by atoms with E-state index >= 15 is 0 Å². The Labute approximate surface area is 361 Å². The Morgan fingerprint density at radius 1 is 0.900 bits per heavy atom. The predicted octanol–water partition coefficient (Wildman–Crippen LogP) is 6.81. The summed E-state index contributed by atoms with van der Waals surface area (Å²) in [5.41, 5.74) is 16.2. The maximum atomic E-state index is 14.4. The lowest BCUT2D eigenvalue weighted by Crippen LogP contribution is -2.39. The number of para-hydroxylation sites is 1. The lowest BCUT2D eigenvalue weighted by molar-refractivity contribution is -0.122. The van der Waals surface area contributed by atoms with Gasteiger partial charge >= 0.3 is 5.97 Å². The zero-order valence-corrected chi connectivity index (χ0v) is 34.8. The monoisotopic (exact) mass is 855 g/mol. The highest BCUT2D eigenvalue weighted by atomic mass is 35.5. The molecule has 2 heterocycles. The largest absolute Gasteiger partial charge is 0.490 e. The number of aromatic nitrogens is 2. The van der Waals surface area contributed by atoms with Crippen LogP contribution in [0.5, 0.6) is 5.75 Å². The van der Waals surface area contributed by atoms with E-state index < -0.39 is 5.97 Å². The smallest absolute Gasteiger partial charge is 0.335 e. The van der Waals surface area contributed by atoms with Gasteiger partial charge in [0.15, 0.2) is 0 Å². The predicted molar refractivity (Wildman–Crippen MR) is 239 cm³/mol. The van der Waals surface area contributed by atoms with Gasteiger partial charge in [-0.2, -0.15) is 0 Å². The maximum Gasteiger partial charge on any atom is 0.335 e. The first-order valence-corrected chi connectivity index (χ1v) is 19.7. The van der Waals surface area contributed by atoms with Crippen molar-refractivity contribution in [3.05, 3.63) is 119 Å². The number of imidazole rings is 1. The summed E-state index contributed by atoms with van der Waals surface area (Å²) >= 11 is 0. The number of carboxylic acid groups (broad SMARTS) is 1. The molecule has 4 aromatic carbocycles. The van der Waals surface area contributed by atoms with Crippen molar-refractivity contribution in [2.24, 2.45) is 10.7 Å². The van der Waals surface area contributed by atoms with Gasteiger partial charge in [0.25, 0.3) is 5.91 Å². The van der Waals surface area contributed by atoms with Crippen LogP contribution < -0.4 is 26.4 Å². The number of fused-ring (bicyclic) bond motifs is 1. The molecule has 0 bridgehead atoms. The minimum absolute atomic E-state index is 0. The van der Waals surface area contributed by atoms with Crippen LogP contribution in [0.25, 0.3) is 11.0 Å². The van der Waals surface area contributed by atoms with Crippen LogP contribution in [0.3, 0.4) is 0 Å². The number of hydrogen-bond donors (Lipinski definition) is 5. The number of nitrogens with one attached hydrogen (secondary N) is 2. The third kappa shape index (κ3) is 11.1. The lowest BCUT2D eigenvalue weighted by atomic mass is 9.95. The molecule has 0 radical (unpaired) electrons. The van der Waals surface area contributed by atoms with Crippen LogP contribution in [0.2, 0.25) is 0 Å². The highest BCUT2D eigenvalue weighted by Crippen LogP contribution is 2.28. The first-order valence-electron chi connectivity index (χ1n) is 19.7. The summed E-state index contributed by atoms with van der Waals surface area (Å²) in [6.07, 6.45) is 8.71. The van der Waals surface area contributed by atoms with Gasteiger partial charge < -0.3 is 41.0 Å². The number of amidine groups is 1. The van der Waals surface area contributed by atoms with E-state index in [1.165, 1.54) is 30.7 Å². The van der Waals surface area contributed by atoms with Gasteiger partial charge in [-0.05, 0) is 91.2 Å². The number of carbonyl (C=O) groups is 3. The molecule has 2 fully saturated rings. The van der Waals surface area contributed by atoms with E-state index in [4.69, 9.17) is 26.6 Å². The average molecular weight is 857 g/mol. The van der Waals surface area contributed by atoms with E-state index in [9.17, 15) is 19.5 Å². The summed E-state index contributed by atoms with van der Waals surface area (Å²) in [6.45, 7) is 2.09. The van der Waals surface area contributed by atoms with Crippen molar-refractivity contribution in [2.45, 2.75) is 76.7 Å². The number of aromatic carboxylic acids is 1. The number of rotatable bonds is 14. The van der Waals surface area contributed by atoms with E-state index in [0.717, 1.165) is 62.9 Å². The first-order chi connectivity index (χ1) is 28.1. The Morgan fingerprint density at radius 2 is 1.57 bits per heavy atom. The molecule has 1 aromatic heterocycles. The average Bonchev–Trinajstić information content (AvgIpc) is 3.57. The summed E-state index contributed by atoms with van der Waals surface area (Å²) in [6, 6.07) is 26.1. The highest BCUT2D eigenvalue weighted by Gasteiger charge is 2.25. The second kappa shape index (κ2) is 20.7. The Kier molecular flexibility index (Phi) is 15.5. The number of anilines is 2. The number of hydrogen-bond acceptors (Lipinski definition) is 8. The van der Waals surface area contributed by atoms with E-state index in [2.05, 4.69) is 15.2 Å². The van der Waals surface area contributed by atoms with Crippen LogP contribution in [-0.4, -0.2) is 74.8 Å². The fraction of sp³-hybridized carbons (Fsp3) is 0.318. The van der Waals surface area contributed by atoms with E-state index in [-0.39, 0.29) is 78.8 Å². The Morgan fingerprint density at radius 3 is 2.23 bits per heavy atom. The molecule has 14 nitrogen and oxygen atoms in total. The molecule has 0 atom stereocenters. The molecule has 16 heteroatoms. The summed E-state index contributed by atoms with van der Waals surface area (Å²) in [5.74, 6) is -0.623. The number of carboxylic acids is 1. The van der Waals surface area contributed by atoms with Gasteiger partial charge in [0.1, 0.15) is 30.1 Å². The van der Waals surface area contributed by atoms with Crippen molar-refractivity contribution in [1.29, 1.82) is 5.41 Å². The van der Waals surface area contributed by atoms with E-state index in [1.54, 1.807) is 27.7 Å². The van der Waals surface area contributed by atoms with Gasteiger partial charge in [-0.3, -0.25) is 20.0 Å². The molecule has 1 aliphatic carbocycles. The zero-order valence-electron chi connectivity index (χ0n) is 33.2. The number of piperidine rings is 1. The van der Waals surface area contributed by atoms with E-state index in [0.29, 0.717) is 40.4 Å². The molecule has 0 unspecified atom stereocenters. The molecule has 7 N–H and O–H groups in total. The van der Waals surface area contributed by atoms with Crippen LogP contribution in [0, 0.1) is 5.41 Å². The van der Waals surface area contributed by atoms with Gasteiger partial charge in [-0.1, -0.05) is 37.5 Å². The third-order valence-corrected chi connectivity index (χ3v) is 10.8.